The van der Waals surface area contributed by atoms with E-state index in [0.717, 1.165) is 30.1 Å². The summed E-state index contributed by atoms with van der Waals surface area (Å²) in [5.41, 5.74) is 2.20. The third kappa shape index (κ3) is 5.49. The molecule has 1 aromatic heterocycles. The molecule has 3 heteroatoms. The molecule has 0 spiro atoms. The van der Waals surface area contributed by atoms with Crippen molar-refractivity contribution in [1.29, 1.82) is 0 Å². The number of hydrogen-bond donors (Lipinski definition) is 1. The Balaban J connectivity index is 2.80. The predicted octanol–water partition coefficient (Wildman–Crippen LogP) is 3.74. The van der Waals surface area contributed by atoms with Crippen LogP contribution in [0.4, 0.5) is 0 Å². The fraction of sp³-hybridized carbons (Fsp3) is 0.706. The van der Waals surface area contributed by atoms with E-state index in [9.17, 15) is 0 Å². The average Bonchev–Trinajstić information content (AvgIpc) is 2.34. The van der Waals surface area contributed by atoms with Crippen molar-refractivity contribution in [3.63, 3.8) is 0 Å². The number of aryl methyl sites for hydroxylation is 2. The maximum Gasteiger partial charge on any atom is 0.141 e. The van der Waals surface area contributed by atoms with E-state index in [1.807, 2.05) is 19.1 Å². The van der Waals surface area contributed by atoms with Crippen LogP contribution in [0.25, 0.3) is 0 Å². The van der Waals surface area contributed by atoms with Gasteiger partial charge in [-0.1, -0.05) is 20.8 Å². The molecule has 20 heavy (non-hydrogen) atoms. The van der Waals surface area contributed by atoms with Crippen LogP contribution in [-0.2, 0) is 6.42 Å². The lowest BCUT2D eigenvalue weighted by atomic mass is 10.0. The van der Waals surface area contributed by atoms with Gasteiger partial charge in [0.1, 0.15) is 11.9 Å². The number of rotatable bonds is 6. The van der Waals surface area contributed by atoms with Crippen molar-refractivity contribution in [1.82, 2.24) is 10.3 Å². The highest BCUT2D eigenvalue weighted by Crippen LogP contribution is 2.21. The topological polar surface area (TPSA) is 34.1 Å². The highest BCUT2D eigenvalue weighted by molar-refractivity contribution is 5.29. The number of ether oxygens (including phenoxy) is 1. The number of aromatic nitrogens is 1. The maximum absolute atomic E-state index is 6.22. The van der Waals surface area contributed by atoms with Gasteiger partial charge in [-0.3, -0.25) is 4.98 Å². The summed E-state index contributed by atoms with van der Waals surface area (Å²) in [6.45, 7) is 15.9. The highest BCUT2D eigenvalue weighted by Gasteiger charge is 2.20. The second-order valence-corrected chi connectivity index (χ2v) is 6.78. The molecule has 0 saturated carbocycles. The molecule has 0 amide bonds. The Bertz CT molecular complexity index is 421. The molecule has 0 saturated heterocycles. The molecule has 0 aliphatic carbocycles. The van der Waals surface area contributed by atoms with Gasteiger partial charge in [0, 0.05) is 17.8 Å². The SMILES string of the molecule is CCc1nc(C)ccc1OC(CNC(C)(C)C)C(C)C. The summed E-state index contributed by atoms with van der Waals surface area (Å²) < 4.78 is 6.22. The highest BCUT2D eigenvalue weighted by atomic mass is 16.5. The van der Waals surface area contributed by atoms with E-state index < -0.39 is 0 Å². The van der Waals surface area contributed by atoms with Gasteiger partial charge in [-0.05, 0) is 52.2 Å². The van der Waals surface area contributed by atoms with Gasteiger partial charge in [0.2, 0.25) is 0 Å². The molecule has 0 aliphatic rings. The van der Waals surface area contributed by atoms with Crippen molar-refractivity contribution in [2.24, 2.45) is 5.92 Å². The molecule has 0 radical (unpaired) electrons. The van der Waals surface area contributed by atoms with Gasteiger partial charge in [0.25, 0.3) is 0 Å². The van der Waals surface area contributed by atoms with E-state index in [-0.39, 0.29) is 11.6 Å². The van der Waals surface area contributed by atoms with Crippen LogP contribution in [-0.4, -0.2) is 23.2 Å². The van der Waals surface area contributed by atoms with Crippen LogP contribution in [0.1, 0.15) is 52.9 Å². The number of nitrogens with zero attached hydrogens (tertiary/aromatic N) is 1. The lowest BCUT2D eigenvalue weighted by Crippen LogP contribution is -2.44. The number of hydrogen-bond acceptors (Lipinski definition) is 3. The minimum atomic E-state index is 0.107. The van der Waals surface area contributed by atoms with Crippen molar-refractivity contribution < 1.29 is 4.74 Å². The number of nitrogens with one attached hydrogen (secondary N) is 1. The minimum absolute atomic E-state index is 0.107. The molecule has 1 unspecified atom stereocenters. The lowest BCUT2D eigenvalue weighted by Gasteiger charge is -2.28. The minimum Gasteiger partial charge on any atom is -0.487 e. The second-order valence-electron chi connectivity index (χ2n) is 6.78. The van der Waals surface area contributed by atoms with Crippen LogP contribution in [0.15, 0.2) is 12.1 Å². The quantitative estimate of drug-likeness (QED) is 0.860. The van der Waals surface area contributed by atoms with E-state index >= 15 is 0 Å². The summed E-state index contributed by atoms with van der Waals surface area (Å²) in [7, 11) is 0. The van der Waals surface area contributed by atoms with Crippen molar-refractivity contribution in [3.8, 4) is 5.75 Å². The van der Waals surface area contributed by atoms with Gasteiger partial charge in [-0.15, -0.1) is 0 Å². The Morgan fingerprint density at radius 2 is 1.90 bits per heavy atom. The first kappa shape index (κ1) is 17.0. The van der Waals surface area contributed by atoms with E-state index in [1.165, 1.54) is 0 Å². The molecule has 1 aromatic rings. The Hall–Kier alpha value is -1.09. The standard InChI is InChI=1S/C17H30N2O/c1-8-14-15(10-9-13(4)19-14)20-16(12(2)3)11-18-17(5,6)7/h9-10,12,16,18H,8,11H2,1-7H3. The number of pyridine rings is 1. The summed E-state index contributed by atoms with van der Waals surface area (Å²) in [5, 5.41) is 3.53. The Kier molecular flexibility index (Phi) is 6.00. The van der Waals surface area contributed by atoms with Gasteiger partial charge >= 0.3 is 0 Å². The lowest BCUT2D eigenvalue weighted by molar-refractivity contribution is 0.138. The maximum atomic E-state index is 6.22. The van der Waals surface area contributed by atoms with Crippen LogP contribution in [0.5, 0.6) is 5.75 Å². The molecule has 1 heterocycles. The molecule has 3 nitrogen and oxygen atoms in total. The van der Waals surface area contributed by atoms with Gasteiger partial charge in [0.05, 0.1) is 5.69 Å². The molecule has 114 valence electrons. The van der Waals surface area contributed by atoms with E-state index in [2.05, 4.69) is 51.8 Å². The third-order valence-corrected chi connectivity index (χ3v) is 3.26. The molecular weight excluding hydrogens is 248 g/mol. The molecular formula is C17H30N2O. The largest absolute Gasteiger partial charge is 0.487 e. The Morgan fingerprint density at radius 1 is 1.25 bits per heavy atom. The van der Waals surface area contributed by atoms with Crippen LogP contribution in [0, 0.1) is 12.8 Å². The smallest absolute Gasteiger partial charge is 0.141 e. The third-order valence-electron chi connectivity index (χ3n) is 3.26. The van der Waals surface area contributed by atoms with Gasteiger partial charge in [-0.25, -0.2) is 0 Å². The van der Waals surface area contributed by atoms with Gasteiger partial charge < -0.3 is 10.1 Å². The van der Waals surface area contributed by atoms with Crippen molar-refractivity contribution >= 4 is 0 Å². The fourth-order valence-corrected chi connectivity index (χ4v) is 1.94. The van der Waals surface area contributed by atoms with Gasteiger partial charge in [0.15, 0.2) is 0 Å². The zero-order valence-corrected chi connectivity index (χ0v) is 14.1. The molecule has 0 fully saturated rings. The normalized spacial score (nSPS) is 13.6. The molecule has 0 bridgehead atoms. The first-order chi connectivity index (χ1) is 9.23. The first-order valence-electron chi connectivity index (χ1n) is 7.61. The fourth-order valence-electron chi connectivity index (χ4n) is 1.94. The molecule has 1 N–H and O–H groups in total. The second kappa shape index (κ2) is 7.07. The van der Waals surface area contributed by atoms with Crippen LogP contribution >= 0.6 is 0 Å². The summed E-state index contributed by atoms with van der Waals surface area (Å²) in [5.74, 6) is 1.38. The zero-order chi connectivity index (χ0) is 15.3. The van der Waals surface area contributed by atoms with Crippen LogP contribution in [0.3, 0.4) is 0 Å². The summed E-state index contributed by atoms with van der Waals surface area (Å²) >= 11 is 0. The van der Waals surface area contributed by atoms with Crippen molar-refractivity contribution in [2.45, 2.75) is 66.5 Å². The Labute approximate surface area is 124 Å². The predicted molar refractivity (Wildman–Crippen MR) is 85.4 cm³/mol. The van der Waals surface area contributed by atoms with E-state index in [1.54, 1.807) is 0 Å². The van der Waals surface area contributed by atoms with E-state index in [0.29, 0.717) is 5.92 Å². The van der Waals surface area contributed by atoms with E-state index in [4.69, 9.17) is 4.74 Å². The van der Waals surface area contributed by atoms with Crippen LogP contribution < -0.4 is 10.1 Å². The first-order valence-corrected chi connectivity index (χ1v) is 7.61. The van der Waals surface area contributed by atoms with Gasteiger partial charge in [-0.2, -0.15) is 0 Å². The van der Waals surface area contributed by atoms with Crippen LogP contribution in [0.2, 0.25) is 0 Å². The molecule has 0 aliphatic heterocycles. The summed E-state index contributed by atoms with van der Waals surface area (Å²) in [4.78, 5) is 4.57. The Morgan fingerprint density at radius 3 is 2.40 bits per heavy atom. The monoisotopic (exact) mass is 278 g/mol. The molecule has 0 aromatic carbocycles. The average molecular weight is 278 g/mol. The van der Waals surface area contributed by atoms with Crippen molar-refractivity contribution in [2.75, 3.05) is 6.54 Å². The molecule has 1 rings (SSSR count). The van der Waals surface area contributed by atoms with Crippen molar-refractivity contribution in [3.05, 3.63) is 23.5 Å². The zero-order valence-electron chi connectivity index (χ0n) is 14.1. The summed E-state index contributed by atoms with van der Waals surface area (Å²) in [6, 6.07) is 4.07. The molecule has 1 atom stereocenters. The summed E-state index contributed by atoms with van der Waals surface area (Å²) in [6.07, 6.45) is 1.05.